The predicted molar refractivity (Wildman–Crippen MR) is 122 cm³/mol. The van der Waals surface area contributed by atoms with Crippen molar-refractivity contribution in [3.8, 4) is 0 Å². The SMILES string of the molecule is CCC(=O)C1=C(O)C(=O)N(c2nc3cc(C)c(C)cc3[nH]2)C1c1ccc(N(C)C)cc1. The molecule has 0 bridgehead atoms. The summed E-state index contributed by atoms with van der Waals surface area (Å²) in [5.41, 5.74) is 5.55. The number of carbonyl (C=O) groups excluding carboxylic acids is 2. The molecule has 1 aromatic heterocycles. The van der Waals surface area contributed by atoms with E-state index in [2.05, 4.69) is 9.97 Å². The summed E-state index contributed by atoms with van der Waals surface area (Å²) in [5.74, 6) is -1.11. The van der Waals surface area contributed by atoms with Crippen molar-refractivity contribution in [2.75, 3.05) is 23.9 Å². The number of nitrogens with one attached hydrogen (secondary N) is 1. The maximum Gasteiger partial charge on any atom is 0.296 e. The molecule has 0 saturated heterocycles. The Hall–Kier alpha value is -3.61. The van der Waals surface area contributed by atoms with Gasteiger partial charge in [0.05, 0.1) is 22.6 Å². The molecule has 1 aliphatic heterocycles. The van der Waals surface area contributed by atoms with Gasteiger partial charge in [-0.15, -0.1) is 0 Å². The summed E-state index contributed by atoms with van der Waals surface area (Å²) in [6.07, 6.45) is 0.186. The van der Waals surface area contributed by atoms with Crippen LogP contribution in [0.1, 0.15) is 36.1 Å². The molecule has 4 rings (SSSR count). The normalized spacial score (nSPS) is 16.5. The summed E-state index contributed by atoms with van der Waals surface area (Å²) in [7, 11) is 3.88. The van der Waals surface area contributed by atoms with Gasteiger partial charge in [-0.3, -0.25) is 14.5 Å². The first-order chi connectivity index (χ1) is 14.7. The largest absolute Gasteiger partial charge is 0.503 e. The van der Waals surface area contributed by atoms with Crippen LogP contribution in [0.2, 0.25) is 0 Å². The number of anilines is 2. The van der Waals surface area contributed by atoms with Crippen LogP contribution < -0.4 is 9.80 Å². The fourth-order valence-corrected chi connectivity index (χ4v) is 3.94. The molecule has 1 atom stereocenters. The number of aliphatic hydroxyl groups excluding tert-OH is 1. The summed E-state index contributed by atoms with van der Waals surface area (Å²) in [5, 5.41) is 10.6. The van der Waals surface area contributed by atoms with Crippen LogP contribution in [0.25, 0.3) is 11.0 Å². The van der Waals surface area contributed by atoms with Gasteiger partial charge in [-0.1, -0.05) is 19.1 Å². The zero-order valence-electron chi connectivity index (χ0n) is 18.4. The van der Waals surface area contributed by atoms with E-state index in [4.69, 9.17) is 0 Å². The molecule has 1 amide bonds. The molecule has 7 heteroatoms. The van der Waals surface area contributed by atoms with Crippen LogP contribution in [0.4, 0.5) is 11.6 Å². The van der Waals surface area contributed by atoms with Gasteiger partial charge in [0.15, 0.2) is 11.5 Å². The molecule has 1 unspecified atom stereocenters. The Kier molecular flexibility index (Phi) is 5.05. The summed E-state index contributed by atoms with van der Waals surface area (Å²) < 4.78 is 0. The van der Waals surface area contributed by atoms with Gasteiger partial charge in [0.2, 0.25) is 5.95 Å². The summed E-state index contributed by atoms with van der Waals surface area (Å²) in [4.78, 5) is 37.0. The number of ketones is 1. The third kappa shape index (κ3) is 3.36. The molecule has 7 nitrogen and oxygen atoms in total. The highest BCUT2D eigenvalue weighted by Gasteiger charge is 2.45. The Labute approximate surface area is 181 Å². The van der Waals surface area contributed by atoms with Gasteiger partial charge >= 0.3 is 0 Å². The lowest BCUT2D eigenvalue weighted by atomic mass is 9.95. The van der Waals surface area contributed by atoms with E-state index in [1.807, 2.05) is 69.2 Å². The number of imidazole rings is 1. The minimum absolute atomic E-state index is 0.109. The fourth-order valence-electron chi connectivity index (χ4n) is 3.94. The number of amides is 1. The van der Waals surface area contributed by atoms with E-state index >= 15 is 0 Å². The molecule has 1 aliphatic rings. The Morgan fingerprint density at radius 1 is 1.16 bits per heavy atom. The summed E-state index contributed by atoms with van der Waals surface area (Å²) in [6.45, 7) is 5.73. The van der Waals surface area contributed by atoms with Crippen molar-refractivity contribution < 1.29 is 14.7 Å². The second-order valence-electron chi connectivity index (χ2n) is 8.12. The van der Waals surface area contributed by atoms with E-state index in [-0.39, 0.29) is 17.8 Å². The molecular formula is C24H26N4O3. The van der Waals surface area contributed by atoms with Crippen LogP contribution in [0, 0.1) is 13.8 Å². The molecule has 0 spiro atoms. The van der Waals surface area contributed by atoms with E-state index < -0.39 is 17.7 Å². The van der Waals surface area contributed by atoms with Gasteiger partial charge in [-0.25, -0.2) is 4.98 Å². The molecule has 160 valence electrons. The lowest BCUT2D eigenvalue weighted by Crippen LogP contribution is -2.32. The van der Waals surface area contributed by atoms with Crippen LogP contribution in [0.5, 0.6) is 0 Å². The van der Waals surface area contributed by atoms with Gasteiger partial charge < -0.3 is 15.0 Å². The molecule has 0 fully saturated rings. The molecule has 3 aromatic rings. The predicted octanol–water partition coefficient (Wildman–Crippen LogP) is 4.12. The van der Waals surface area contributed by atoms with Crippen molar-refractivity contribution in [1.29, 1.82) is 0 Å². The van der Waals surface area contributed by atoms with Gasteiger partial charge in [0.25, 0.3) is 5.91 Å². The van der Waals surface area contributed by atoms with Crippen LogP contribution >= 0.6 is 0 Å². The number of hydrogen-bond acceptors (Lipinski definition) is 5. The van der Waals surface area contributed by atoms with E-state index in [9.17, 15) is 14.7 Å². The Bertz CT molecular complexity index is 1180. The van der Waals surface area contributed by atoms with Gasteiger partial charge in [-0.05, 0) is 54.8 Å². The highest BCUT2D eigenvalue weighted by molar-refractivity contribution is 6.16. The Morgan fingerprint density at radius 2 is 1.81 bits per heavy atom. The number of aromatic amines is 1. The van der Waals surface area contributed by atoms with Crippen molar-refractivity contribution >= 4 is 34.4 Å². The third-order valence-electron chi connectivity index (χ3n) is 5.87. The fraction of sp³-hybridized carbons (Fsp3) is 0.292. The molecule has 2 N–H and O–H groups in total. The zero-order chi connectivity index (χ0) is 22.4. The Morgan fingerprint density at radius 3 is 2.42 bits per heavy atom. The molecule has 0 saturated carbocycles. The lowest BCUT2D eigenvalue weighted by molar-refractivity contribution is -0.118. The van der Waals surface area contributed by atoms with Crippen LogP contribution in [0.3, 0.4) is 0 Å². The quantitative estimate of drug-likeness (QED) is 0.650. The average molecular weight is 418 g/mol. The number of carbonyl (C=O) groups is 2. The van der Waals surface area contributed by atoms with Crippen molar-refractivity contribution in [3.05, 3.63) is 64.4 Å². The maximum absolute atomic E-state index is 13.1. The molecule has 2 aromatic carbocycles. The average Bonchev–Trinajstić information content (AvgIpc) is 3.26. The standard InChI is InChI=1S/C24H26N4O3/c1-6-19(29)20-21(15-7-9-16(10-8-15)27(4)5)28(23(31)22(20)30)24-25-17-11-13(2)14(3)12-18(17)26-24/h7-12,21,30H,6H2,1-5H3,(H,25,26). The molecular weight excluding hydrogens is 392 g/mol. The molecule has 0 aliphatic carbocycles. The molecule has 0 radical (unpaired) electrons. The number of benzene rings is 2. The van der Waals surface area contributed by atoms with E-state index in [1.165, 1.54) is 4.90 Å². The number of aromatic nitrogens is 2. The number of H-pyrrole nitrogens is 1. The first-order valence-corrected chi connectivity index (χ1v) is 10.3. The van der Waals surface area contributed by atoms with Gasteiger partial charge in [-0.2, -0.15) is 0 Å². The summed E-state index contributed by atoms with van der Waals surface area (Å²) >= 11 is 0. The van der Waals surface area contributed by atoms with E-state index in [0.29, 0.717) is 5.95 Å². The number of aliphatic hydroxyl groups is 1. The second kappa shape index (κ2) is 7.58. The number of nitrogens with zero attached hydrogens (tertiary/aromatic N) is 3. The van der Waals surface area contributed by atoms with E-state index in [0.717, 1.165) is 33.4 Å². The van der Waals surface area contributed by atoms with Gasteiger partial charge in [0, 0.05) is 26.2 Å². The van der Waals surface area contributed by atoms with Gasteiger partial charge in [0.1, 0.15) is 0 Å². The highest BCUT2D eigenvalue weighted by Crippen LogP contribution is 2.41. The number of rotatable bonds is 5. The monoisotopic (exact) mass is 418 g/mol. The van der Waals surface area contributed by atoms with Crippen molar-refractivity contribution in [1.82, 2.24) is 9.97 Å². The van der Waals surface area contributed by atoms with Crippen molar-refractivity contribution in [2.45, 2.75) is 33.2 Å². The number of Topliss-reactive ketones (excluding diaryl/α,β-unsaturated/α-hetero) is 1. The lowest BCUT2D eigenvalue weighted by Gasteiger charge is -2.25. The number of aryl methyl sites for hydroxylation is 2. The van der Waals surface area contributed by atoms with Crippen LogP contribution in [-0.2, 0) is 9.59 Å². The second-order valence-corrected chi connectivity index (χ2v) is 8.12. The highest BCUT2D eigenvalue weighted by atomic mass is 16.3. The van der Waals surface area contributed by atoms with Crippen LogP contribution in [0.15, 0.2) is 47.7 Å². The number of hydrogen-bond donors (Lipinski definition) is 2. The van der Waals surface area contributed by atoms with E-state index in [1.54, 1.807) is 6.92 Å². The Balaban J connectivity index is 1.87. The zero-order valence-corrected chi connectivity index (χ0v) is 18.4. The third-order valence-corrected chi connectivity index (χ3v) is 5.87. The first-order valence-electron chi connectivity index (χ1n) is 10.3. The van der Waals surface area contributed by atoms with Crippen molar-refractivity contribution in [2.24, 2.45) is 0 Å². The number of fused-ring (bicyclic) bond motifs is 1. The van der Waals surface area contributed by atoms with Crippen LogP contribution in [-0.4, -0.2) is 40.9 Å². The minimum Gasteiger partial charge on any atom is -0.503 e. The maximum atomic E-state index is 13.1. The smallest absolute Gasteiger partial charge is 0.296 e. The molecule has 31 heavy (non-hydrogen) atoms. The minimum atomic E-state index is -0.751. The molecule has 2 heterocycles. The first kappa shape index (κ1) is 20.7. The topological polar surface area (TPSA) is 89.5 Å². The van der Waals surface area contributed by atoms with Crippen molar-refractivity contribution in [3.63, 3.8) is 0 Å². The summed E-state index contributed by atoms with van der Waals surface area (Å²) in [6, 6.07) is 10.8.